The first-order valence-electron chi connectivity index (χ1n) is 9.18. The summed E-state index contributed by atoms with van der Waals surface area (Å²) in [5.74, 6) is 2.10. The molecule has 2 heterocycles. The molecule has 1 aromatic heterocycles. The second kappa shape index (κ2) is 8.17. The molecule has 7 heteroatoms. The van der Waals surface area contributed by atoms with Gasteiger partial charge in [-0.25, -0.2) is 9.97 Å². The predicted octanol–water partition coefficient (Wildman–Crippen LogP) is 2.61. The summed E-state index contributed by atoms with van der Waals surface area (Å²) in [5.41, 5.74) is 1.60. The Balaban J connectivity index is 1.66. The number of rotatable bonds is 4. The highest BCUT2D eigenvalue weighted by atomic mass is 32.2. The average molecular weight is 387 g/mol. The van der Waals surface area contributed by atoms with E-state index >= 15 is 0 Å². The van der Waals surface area contributed by atoms with Gasteiger partial charge in [-0.05, 0) is 31.2 Å². The number of hydrogen-bond acceptors (Lipinski definition) is 5. The quantitative estimate of drug-likeness (QED) is 0.808. The van der Waals surface area contributed by atoms with Gasteiger partial charge in [-0.2, -0.15) is 0 Å². The van der Waals surface area contributed by atoms with Crippen LogP contribution in [0.3, 0.4) is 0 Å². The van der Waals surface area contributed by atoms with E-state index < -0.39 is 10.8 Å². The van der Waals surface area contributed by atoms with Crippen molar-refractivity contribution in [1.82, 2.24) is 14.9 Å². The molecule has 2 aromatic rings. The molecule has 0 radical (unpaired) electrons. The summed E-state index contributed by atoms with van der Waals surface area (Å²) >= 11 is 0. The summed E-state index contributed by atoms with van der Waals surface area (Å²) in [5, 5.41) is 0. The summed E-state index contributed by atoms with van der Waals surface area (Å²) in [6.45, 7) is 8.97. The van der Waals surface area contributed by atoms with Crippen molar-refractivity contribution >= 4 is 22.5 Å². The lowest BCUT2D eigenvalue weighted by Gasteiger charge is -2.35. The Bertz CT molecular complexity index is 844. The van der Waals surface area contributed by atoms with E-state index in [-0.39, 0.29) is 11.8 Å². The van der Waals surface area contributed by atoms with Crippen LogP contribution in [-0.4, -0.2) is 57.4 Å². The van der Waals surface area contributed by atoms with E-state index in [0.29, 0.717) is 18.7 Å². The van der Waals surface area contributed by atoms with Crippen molar-refractivity contribution in [3.8, 4) is 0 Å². The molecule has 0 unspecified atom stereocenters. The second-order valence-electron chi connectivity index (χ2n) is 7.14. The van der Waals surface area contributed by atoms with Crippen molar-refractivity contribution in [3.05, 3.63) is 47.4 Å². The van der Waals surface area contributed by atoms with Gasteiger partial charge in [0.05, 0.1) is 0 Å². The van der Waals surface area contributed by atoms with Crippen molar-refractivity contribution in [2.45, 2.75) is 31.6 Å². The molecule has 1 amide bonds. The SMILES string of the molecule is Cc1cc(N2CCN(C(=O)c3ccc([S@](C)=O)cc3)CC2)nc(C(C)C)n1. The summed E-state index contributed by atoms with van der Waals surface area (Å²) in [6, 6.07) is 9.04. The van der Waals surface area contributed by atoms with Gasteiger partial charge in [-0.3, -0.25) is 9.00 Å². The number of carbonyl (C=O) groups is 1. The zero-order valence-corrected chi connectivity index (χ0v) is 17.1. The minimum absolute atomic E-state index is 0.0184. The normalized spacial score (nSPS) is 15.9. The molecule has 1 atom stereocenters. The fourth-order valence-corrected chi connectivity index (χ4v) is 3.62. The maximum Gasteiger partial charge on any atom is 0.253 e. The van der Waals surface area contributed by atoms with Crippen LogP contribution in [0.5, 0.6) is 0 Å². The molecule has 0 aliphatic carbocycles. The van der Waals surface area contributed by atoms with Gasteiger partial charge in [0.2, 0.25) is 0 Å². The molecule has 3 rings (SSSR count). The van der Waals surface area contributed by atoms with Gasteiger partial charge in [0.15, 0.2) is 0 Å². The van der Waals surface area contributed by atoms with Gasteiger partial charge in [-0.15, -0.1) is 0 Å². The van der Waals surface area contributed by atoms with Crippen LogP contribution in [0.25, 0.3) is 0 Å². The highest BCUT2D eigenvalue weighted by Gasteiger charge is 2.23. The molecule has 0 spiro atoms. The molecule has 0 N–H and O–H groups in total. The van der Waals surface area contributed by atoms with Crippen molar-refractivity contribution < 1.29 is 9.00 Å². The van der Waals surface area contributed by atoms with Crippen LogP contribution in [0, 0.1) is 6.92 Å². The Morgan fingerprint density at radius 3 is 2.26 bits per heavy atom. The molecule has 27 heavy (non-hydrogen) atoms. The highest BCUT2D eigenvalue weighted by Crippen LogP contribution is 2.19. The van der Waals surface area contributed by atoms with E-state index in [4.69, 9.17) is 4.98 Å². The lowest BCUT2D eigenvalue weighted by molar-refractivity contribution is 0.0746. The minimum atomic E-state index is -1.03. The Kier molecular flexibility index (Phi) is 5.89. The second-order valence-corrected chi connectivity index (χ2v) is 8.52. The molecule has 6 nitrogen and oxygen atoms in total. The first kappa shape index (κ1) is 19.5. The van der Waals surface area contributed by atoms with Gasteiger partial charge < -0.3 is 9.80 Å². The standard InChI is InChI=1S/C20H26N4O2S/c1-14(2)19-21-15(3)13-18(22-19)23-9-11-24(12-10-23)20(25)16-5-7-17(8-6-16)27(4)26/h5-8,13-14H,9-12H2,1-4H3/t27-/m0/s1. The smallest absolute Gasteiger partial charge is 0.253 e. The van der Waals surface area contributed by atoms with Crippen LogP contribution in [0.1, 0.15) is 41.6 Å². The Morgan fingerprint density at radius 1 is 1.07 bits per heavy atom. The molecule has 1 aliphatic rings. The van der Waals surface area contributed by atoms with Gasteiger partial charge in [-0.1, -0.05) is 13.8 Å². The van der Waals surface area contributed by atoms with E-state index in [1.165, 1.54) is 0 Å². The van der Waals surface area contributed by atoms with Crippen LogP contribution in [0.4, 0.5) is 5.82 Å². The number of benzene rings is 1. The third-order valence-electron chi connectivity index (χ3n) is 4.70. The van der Waals surface area contributed by atoms with E-state index in [0.717, 1.165) is 35.3 Å². The largest absolute Gasteiger partial charge is 0.353 e. The van der Waals surface area contributed by atoms with Crippen molar-refractivity contribution in [3.63, 3.8) is 0 Å². The summed E-state index contributed by atoms with van der Waals surface area (Å²) in [4.78, 5) is 26.7. The Morgan fingerprint density at radius 2 is 1.70 bits per heavy atom. The Labute approximate surface area is 163 Å². The first-order valence-corrected chi connectivity index (χ1v) is 10.7. The van der Waals surface area contributed by atoms with E-state index in [1.54, 1.807) is 30.5 Å². The predicted molar refractivity (Wildman–Crippen MR) is 108 cm³/mol. The summed E-state index contributed by atoms with van der Waals surface area (Å²) in [6.07, 6.45) is 1.63. The van der Waals surface area contributed by atoms with Crippen molar-refractivity contribution in [2.24, 2.45) is 0 Å². The zero-order chi connectivity index (χ0) is 19.6. The zero-order valence-electron chi connectivity index (χ0n) is 16.3. The number of carbonyl (C=O) groups excluding carboxylic acids is 1. The van der Waals surface area contributed by atoms with Gasteiger partial charge in [0, 0.05) is 71.4 Å². The fraction of sp³-hybridized carbons (Fsp3) is 0.450. The number of piperazine rings is 1. The summed E-state index contributed by atoms with van der Waals surface area (Å²) < 4.78 is 11.5. The fourth-order valence-electron chi connectivity index (χ4n) is 3.10. The molecule has 1 aromatic carbocycles. The lowest BCUT2D eigenvalue weighted by atomic mass is 10.1. The van der Waals surface area contributed by atoms with Crippen LogP contribution in [-0.2, 0) is 10.8 Å². The van der Waals surface area contributed by atoms with Crippen molar-refractivity contribution in [1.29, 1.82) is 0 Å². The van der Waals surface area contributed by atoms with Crippen LogP contribution in [0.2, 0.25) is 0 Å². The number of amides is 1. The molecule has 1 fully saturated rings. The third kappa shape index (κ3) is 4.53. The average Bonchev–Trinajstić information content (AvgIpc) is 2.67. The molecule has 1 aliphatic heterocycles. The highest BCUT2D eigenvalue weighted by molar-refractivity contribution is 7.84. The lowest BCUT2D eigenvalue weighted by Crippen LogP contribution is -2.49. The number of nitrogens with zero attached hydrogens (tertiary/aromatic N) is 4. The first-order chi connectivity index (χ1) is 12.8. The topological polar surface area (TPSA) is 66.4 Å². The van der Waals surface area contributed by atoms with E-state index in [9.17, 15) is 9.00 Å². The molecule has 1 saturated heterocycles. The minimum Gasteiger partial charge on any atom is -0.353 e. The maximum atomic E-state index is 12.7. The van der Waals surface area contributed by atoms with Gasteiger partial charge in [0.1, 0.15) is 11.6 Å². The number of aryl methyl sites for hydroxylation is 1. The molecular formula is C20H26N4O2S. The van der Waals surface area contributed by atoms with Gasteiger partial charge >= 0.3 is 0 Å². The third-order valence-corrected chi connectivity index (χ3v) is 5.63. The number of hydrogen-bond donors (Lipinski definition) is 0. The number of aromatic nitrogens is 2. The van der Waals surface area contributed by atoms with Gasteiger partial charge in [0.25, 0.3) is 5.91 Å². The summed E-state index contributed by atoms with van der Waals surface area (Å²) in [7, 11) is -1.03. The monoisotopic (exact) mass is 386 g/mol. The molecule has 0 bridgehead atoms. The van der Waals surface area contributed by atoms with E-state index in [2.05, 4.69) is 23.7 Å². The molecule has 0 saturated carbocycles. The van der Waals surface area contributed by atoms with Crippen LogP contribution in [0.15, 0.2) is 35.2 Å². The van der Waals surface area contributed by atoms with E-state index in [1.807, 2.05) is 17.9 Å². The van der Waals surface area contributed by atoms with Crippen LogP contribution >= 0.6 is 0 Å². The maximum absolute atomic E-state index is 12.7. The molecule has 144 valence electrons. The molecular weight excluding hydrogens is 360 g/mol. The van der Waals surface area contributed by atoms with Crippen molar-refractivity contribution in [2.75, 3.05) is 37.3 Å². The number of anilines is 1. The Hall–Kier alpha value is -2.28. The van der Waals surface area contributed by atoms with Crippen LogP contribution < -0.4 is 4.90 Å².